The minimum absolute atomic E-state index is 0.0552. The Morgan fingerprint density at radius 3 is 3.09 bits per heavy atom. The van der Waals surface area contributed by atoms with Gasteiger partial charge in [0.2, 0.25) is 5.82 Å². The number of aromatic amines is 1. The molecule has 1 aliphatic heterocycles. The van der Waals surface area contributed by atoms with Crippen LogP contribution in [0.4, 0.5) is 0 Å². The van der Waals surface area contributed by atoms with Gasteiger partial charge in [-0.25, -0.2) is 4.98 Å². The van der Waals surface area contributed by atoms with Crippen LogP contribution in [0.1, 0.15) is 40.3 Å². The van der Waals surface area contributed by atoms with Gasteiger partial charge in [-0.1, -0.05) is 0 Å². The molecule has 0 saturated carbocycles. The zero-order valence-corrected chi connectivity index (χ0v) is 12.7. The average Bonchev–Trinajstić information content (AvgIpc) is 3.20. The first-order valence-corrected chi connectivity index (χ1v) is 8.26. The van der Waals surface area contributed by atoms with Gasteiger partial charge in [0.25, 0.3) is 11.5 Å². The lowest BCUT2D eigenvalue weighted by Crippen LogP contribution is -2.36. The Morgan fingerprint density at radius 1 is 1.41 bits per heavy atom. The second-order valence-electron chi connectivity index (χ2n) is 5.74. The van der Waals surface area contributed by atoms with E-state index in [4.69, 9.17) is 5.26 Å². The molecule has 6 nitrogen and oxygen atoms in total. The summed E-state index contributed by atoms with van der Waals surface area (Å²) in [5, 5.41) is 9.75. The summed E-state index contributed by atoms with van der Waals surface area (Å²) in [4.78, 5) is 35.3. The summed E-state index contributed by atoms with van der Waals surface area (Å²) in [5.41, 5.74) is 0.865. The zero-order valence-electron chi connectivity index (χ0n) is 11.9. The Bertz CT molecular complexity index is 876. The molecule has 1 aliphatic carbocycles. The summed E-state index contributed by atoms with van der Waals surface area (Å²) in [5.74, 6) is -0.295. The van der Waals surface area contributed by atoms with E-state index in [0.717, 1.165) is 31.2 Å². The minimum Gasteiger partial charge on any atom is -0.320 e. The highest BCUT2D eigenvalue weighted by atomic mass is 32.1. The molecule has 1 atom stereocenters. The Morgan fingerprint density at radius 2 is 2.27 bits per heavy atom. The Kier molecular flexibility index (Phi) is 3.01. The lowest BCUT2D eigenvalue weighted by atomic mass is 10.2. The number of hydrogen-bond acceptors (Lipinski definition) is 5. The third-order valence-electron chi connectivity index (χ3n) is 4.44. The molecule has 0 spiro atoms. The van der Waals surface area contributed by atoms with Crippen molar-refractivity contribution in [1.82, 2.24) is 14.9 Å². The number of carbonyl (C=O) groups excluding carboxylic acids is 1. The monoisotopic (exact) mass is 314 g/mol. The summed E-state index contributed by atoms with van der Waals surface area (Å²) < 4.78 is 0. The molecule has 1 N–H and O–H groups in total. The number of amides is 1. The van der Waals surface area contributed by atoms with Crippen LogP contribution in [0.2, 0.25) is 0 Å². The lowest BCUT2D eigenvalue weighted by Gasteiger charge is -2.18. The van der Waals surface area contributed by atoms with Gasteiger partial charge in [0, 0.05) is 11.4 Å². The van der Waals surface area contributed by atoms with Crippen molar-refractivity contribution in [1.29, 1.82) is 5.26 Å². The number of nitrogens with zero attached hydrogens (tertiary/aromatic N) is 3. The zero-order chi connectivity index (χ0) is 15.3. The molecule has 2 aromatic rings. The molecule has 4 rings (SSSR count). The number of fused-ring (bicyclic) bond motifs is 3. The molecule has 112 valence electrons. The number of carbonyl (C=O) groups is 1. The maximum absolute atomic E-state index is 12.5. The molecule has 1 saturated heterocycles. The number of thiophene rings is 1. The first-order chi connectivity index (χ1) is 10.7. The highest BCUT2D eigenvalue weighted by Crippen LogP contribution is 2.34. The van der Waals surface area contributed by atoms with E-state index in [2.05, 4.69) is 16.0 Å². The van der Waals surface area contributed by atoms with Crippen molar-refractivity contribution in [2.24, 2.45) is 0 Å². The van der Waals surface area contributed by atoms with Crippen LogP contribution in [-0.2, 0) is 12.8 Å². The largest absolute Gasteiger partial charge is 0.320 e. The van der Waals surface area contributed by atoms with Crippen LogP contribution >= 0.6 is 11.3 Å². The lowest BCUT2D eigenvalue weighted by molar-refractivity contribution is 0.0752. The number of hydrogen-bond donors (Lipinski definition) is 1. The van der Waals surface area contributed by atoms with Gasteiger partial charge in [0.05, 0.1) is 11.5 Å². The van der Waals surface area contributed by atoms with Gasteiger partial charge >= 0.3 is 0 Å². The van der Waals surface area contributed by atoms with Gasteiger partial charge in [-0.2, -0.15) is 5.26 Å². The van der Waals surface area contributed by atoms with Crippen LogP contribution in [-0.4, -0.2) is 33.4 Å². The summed E-state index contributed by atoms with van der Waals surface area (Å²) in [6, 6.07) is 1.72. The quantitative estimate of drug-likeness (QED) is 0.865. The van der Waals surface area contributed by atoms with Gasteiger partial charge in [0.1, 0.15) is 10.9 Å². The third kappa shape index (κ3) is 1.87. The molecule has 0 aromatic carbocycles. The molecule has 2 aliphatic rings. The predicted octanol–water partition coefficient (Wildman–Crippen LogP) is 1.60. The van der Waals surface area contributed by atoms with Crippen LogP contribution in [0.15, 0.2) is 4.79 Å². The molecule has 3 heterocycles. The molecule has 1 amide bonds. The summed E-state index contributed by atoms with van der Waals surface area (Å²) in [7, 11) is 0. The van der Waals surface area contributed by atoms with E-state index in [1.54, 1.807) is 0 Å². The van der Waals surface area contributed by atoms with Crippen LogP contribution in [0, 0.1) is 11.3 Å². The van der Waals surface area contributed by atoms with E-state index in [0.29, 0.717) is 23.2 Å². The second-order valence-corrected chi connectivity index (χ2v) is 6.82. The van der Waals surface area contributed by atoms with Crippen molar-refractivity contribution < 1.29 is 4.79 Å². The highest BCUT2D eigenvalue weighted by Gasteiger charge is 2.31. The molecule has 0 bridgehead atoms. The van der Waals surface area contributed by atoms with Crippen molar-refractivity contribution in [3.8, 4) is 6.07 Å². The first kappa shape index (κ1) is 13.5. The molecule has 2 aromatic heterocycles. The third-order valence-corrected chi connectivity index (χ3v) is 5.63. The highest BCUT2D eigenvalue weighted by molar-refractivity contribution is 7.18. The van der Waals surface area contributed by atoms with Crippen molar-refractivity contribution >= 4 is 27.5 Å². The van der Waals surface area contributed by atoms with E-state index in [1.807, 2.05) is 0 Å². The summed E-state index contributed by atoms with van der Waals surface area (Å²) >= 11 is 1.51. The predicted molar refractivity (Wildman–Crippen MR) is 81.9 cm³/mol. The van der Waals surface area contributed by atoms with Crippen LogP contribution in [0.5, 0.6) is 0 Å². The number of likely N-dealkylation sites (tertiary alicyclic amines) is 1. The van der Waals surface area contributed by atoms with E-state index in [1.165, 1.54) is 21.1 Å². The molecular formula is C15H14N4O2S. The van der Waals surface area contributed by atoms with Gasteiger partial charge in [0.15, 0.2) is 0 Å². The van der Waals surface area contributed by atoms with Crippen LogP contribution in [0.3, 0.4) is 0 Å². The van der Waals surface area contributed by atoms with Gasteiger partial charge < -0.3 is 9.88 Å². The van der Waals surface area contributed by atoms with E-state index < -0.39 is 6.04 Å². The topological polar surface area (TPSA) is 89.8 Å². The SMILES string of the molecule is N#C[C@@H]1CCCN1C(=O)c1nc2sc3c(c2c(=O)[nH]1)CCC3. The molecule has 0 radical (unpaired) electrons. The number of rotatable bonds is 1. The van der Waals surface area contributed by atoms with Crippen molar-refractivity contribution in [2.75, 3.05) is 6.54 Å². The summed E-state index contributed by atoms with van der Waals surface area (Å²) in [6.45, 7) is 0.541. The van der Waals surface area contributed by atoms with Crippen LogP contribution < -0.4 is 5.56 Å². The number of nitrogens with one attached hydrogen (secondary N) is 1. The number of aromatic nitrogens is 2. The Hall–Kier alpha value is -2.20. The molecule has 1 fully saturated rings. The van der Waals surface area contributed by atoms with E-state index in [9.17, 15) is 9.59 Å². The fourth-order valence-electron chi connectivity index (χ4n) is 3.38. The maximum Gasteiger partial charge on any atom is 0.290 e. The summed E-state index contributed by atoms with van der Waals surface area (Å²) in [6.07, 6.45) is 4.47. The number of H-pyrrole nitrogens is 1. The minimum atomic E-state index is -0.415. The van der Waals surface area contributed by atoms with Gasteiger partial charge in [-0.3, -0.25) is 9.59 Å². The molecule has 0 unspecified atom stereocenters. The van der Waals surface area contributed by atoms with Crippen LogP contribution in [0.25, 0.3) is 10.2 Å². The fourth-order valence-corrected chi connectivity index (χ4v) is 4.65. The fraction of sp³-hybridized carbons (Fsp3) is 0.467. The molecule has 7 heteroatoms. The average molecular weight is 314 g/mol. The second kappa shape index (κ2) is 4.92. The van der Waals surface area contributed by atoms with Gasteiger partial charge in [-0.15, -0.1) is 11.3 Å². The number of nitriles is 1. The van der Waals surface area contributed by atoms with Crippen molar-refractivity contribution in [3.05, 3.63) is 26.6 Å². The van der Waals surface area contributed by atoms with Gasteiger partial charge in [-0.05, 0) is 37.7 Å². The van der Waals surface area contributed by atoms with E-state index in [-0.39, 0.29) is 17.3 Å². The smallest absolute Gasteiger partial charge is 0.290 e. The van der Waals surface area contributed by atoms with Crippen molar-refractivity contribution in [2.45, 2.75) is 38.1 Å². The van der Waals surface area contributed by atoms with Crippen molar-refractivity contribution in [3.63, 3.8) is 0 Å². The maximum atomic E-state index is 12.5. The molecule has 22 heavy (non-hydrogen) atoms. The standard InChI is InChI=1S/C15H14N4O2S/c16-7-8-3-2-6-19(8)15(21)12-17-13(20)11-9-4-1-5-10(9)22-14(11)18-12/h8H,1-6H2,(H,17,18,20)/t8-/m0/s1. The first-order valence-electron chi connectivity index (χ1n) is 7.44. The van der Waals surface area contributed by atoms with E-state index >= 15 is 0 Å². The number of aryl methyl sites for hydroxylation is 2. The Labute approximate surface area is 130 Å². The normalized spacial score (nSPS) is 20.3. The molecular weight excluding hydrogens is 300 g/mol. The Balaban J connectivity index is 1.79.